The number of carbonyl (C=O) groups excluding carboxylic acids is 1. The van der Waals surface area contributed by atoms with E-state index >= 15 is 0 Å². The van der Waals surface area contributed by atoms with Gasteiger partial charge in [0.1, 0.15) is 11.6 Å². The van der Waals surface area contributed by atoms with Crippen molar-refractivity contribution < 1.29 is 18.3 Å². The summed E-state index contributed by atoms with van der Waals surface area (Å²) in [6, 6.07) is 11.3. The molecule has 0 unspecified atom stereocenters. The van der Waals surface area contributed by atoms with Crippen molar-refractivity contribution in [3.63, 3.8) is 0 Å². The fourth-order valence-electron chi connectivity index (χ4n) is 3.41. The fourth-order valence-corrected chi connectivity index (χ4v) is 4.33. The first kappa shape index (κ1) is 23.7. The van der Waals surface area contributed by atoms with Crippen LogP contribution < -0.4 is 5.32 Å². The lowest BCUT2D eigenvalue weighted by molar-refractivity contribution is -0.117. The highest BCUT2D eigenvalue weighted by atomic mass is 32.2. The molecule has 0 radical (unpaired) electrons. The van der Waals surface area contributed by atoms with Crippen molar-refractivity contribution in [3.8, 4) is 5.75 Å². The van der Waals surface area contributed by atoms with E-state index in [9.17, 15) is 18.3 Å². The molecule has 0 fully saturated rings. The Kier molecular flexibility index (Phi) is 7.17. The Morgan fingerprint density at radius 1 is 1.12 bits per heavy atom. The lowest BCUT2D eigenvalue weighted by atomic mass is 10.3. The number of likely N-dealkylation sites (N-methyl/N-ethyl adjacent to an activating group) is 1. The summed E-state index contributed by atoms with van der Waals surface area (Å²) in [5.74, 6) is 0.716. The molecule has 3 rings (SSSR count). The summed E-state index contributed by atoms with van der Waals surface area (Å²) in [6.07, 6.45) is 0.890. The number of amides is 1. The molecule has 1 heterocycles. The number of imidazole rings is 1. The molecule has 32 heavy (non-hydrogen) atoms. The van der Waals surface area contributed by atoms with E-state index < -0.39 is 10.0 Å². The molecule has 0 aliphatic rings. The maximum absolute atomic E-state index is 12.5. The minimum Gasteiger partial charge on any atom is -0.508 e. The van der Waals surface area contributed by atoms with Crippen LogP contribution in [0.25, 0.3) is 11.0 Å². The van der Waals surface area contributed by atoms with Crippen molar-refractivity contribution in [2.45, 2.75) is 31.3 Å². The summed E-state index contributed by atoms with van der Waals surface area (Å²) in [6.45, 7) is 3.37. The van der Waals surface area contributed by atoms with Crippen LogP contribution >= 0.6 is 0 Å². The Morgan fingerprint density at radius 3 is 2.44 bits per heavy atom. The van der Waals surface area contributed by atoms with E-state index in [1.165, 1.54) is 30.5 Å². The van der Waals surface area contributed by atoms with Crippen molar-refractivity contribution in [2.75, 3.05) is 33.0 Å². The van der Waals surface area contributed by atoms with Crippen LogP contribution in [0.15, 0.2) is 47.4 Å². The van der Waals surface area contributed by atoms with E-state index in [-0.39, 0.29) is 23.1 Å². The van der Waals surface area contributed by atoms with E-state index in [2.05, 4.69) is 21.8 Å². The lowest BCUT2D eigenvalue weighted by Crippen LogP contribution is -2.30. The Bertz CT molecular complexity index is 1200. The summed E-state index contributed by atoms with van der Waals surface area (Å²) in [4.78, 5) is 19.1. The Balaban J connectivity index is 1.79. The number of nitrogens with zero attached hydrogens (tertiary/aromatic N) is 4. The molecule has 9 nitrogen and oxygen atoms in total. The molecule has 1 amide bonds. The Morgan fingerprint density at radius 2 is 1.81 bits per heavy atom. The number of rotatable bonds is 9. The molecule has 3 aromatic rings. The van der Waals surface area contributed by atoms with Crippen molar-refractivity contribution in [2.24, 2.45) is 0 Å². The fraction of sp³-hybridized carbons (Fsp3) is 0.364. The average Bonchev–Trinajstić information content (AvgIpc) is 3.06. The van der Waals surface area contributed by atoms with Gasteiger partial charge >= 0.3 is 0 Å². The minimum absolute atomic E-state index is 0.136. The summed E-state index contributed by atoms with van der Waals surface area (Å²) in [5, 5.41) is 12.1. The van der Waals surface area contributed by atoms with E-state index in [1.807, 2.05) is 11.9 Å². The number of hydrogen-bond acceptors (Lipinski definition) is 6. The molecular formula is C22H29N5O4S. The van der Waals surface area contributed by atoms with Gasteiger partial charge in [0.2, 0.25) is 15.9 Å². The summed E-state index contributed by atoms with van der Waals surface area (Å²) in [5.41, 5.74) is 2.08. The number of phenolic OH excluding ortho intramolecular Hbond substituents is 1. The maximum Gasteiger partial charge on any atom is 0.242 e. The maximum atomic E-state index is 12.5. The number of fused-ring (bicyclic) bond motifs is 1. The monoisotopic (exact) mass is 459 g/mol. The van der Waals surface area contributed by atoms with Crippen molar-refractivity contribution in [1.29, 1.82) is 0 Å². The second kappa shape index (κ2) is 9.68. The van der Waals surface area contributed by atoms with E-state index in [1.54, 1.807) is 30.3 Å². The highest BCUT2D eigenvalue weighted by Crippen LogP contribution is 2.23. The normalized spacial score (nSPS) is 12.1. The standard InChI is InChI=1S/C22H29N5O4S/c1-5-12-27-20-11-10-18(32(30,31)25(2)3)13-19(20)24-21(27)14-26(4)15-22(29)23-16-6-8-17(28)9-7-16/h6-11,13,28H,5,12,14-15H2,1-4H3,(H,23,29). The molecule has 0 saturated heterocycles. The second-order valence-corrected chi connectivity index (χ2v) is 10.0. The lowest BCUT2D eigenvalue weighted by Gasteiger charge is -2.17. The largest absolute Gasteiger partial charge is 0.508 e. The van der Waals surface area contributed by atoms with Gasteiger partial charge in [0, 0.05) is 26.3 Å². The van der Waals surface area contributed by atoms with Gasteiger partial charge in [-0.2, -0.15) is 0 Å². The quantitative estimate of drug-likeness (QED) is 0.476. The molecule has 2 aromatic carbocycles. The molecule has 10 heteroatoms. The number of nitrogens with one attached hydrogen (secondary N) is 1. The number of anilines is 1. The van der Waals surface area contributed by atoms with Crippen LogP contribution in [0.2, 0.25) is 0 Å². The third-order valence-corrected chi connectivity index (χ3v) is 6.81. The summed E-state index contributed by atoms with van der Waals surface area (Å²) < 4.78 is 28.2. The zero-order valence-corrected chi connectivity index (χ0v) is 19.6. The number of aryl methyl sites for hydroxylation is 1. The topological polar surface area (TPSA) is 108 Å². The summed E-state index contributed by atoms with van der Waals surface area (Å²) in [7, 11) is 1.27. The van der Waals surface area contributed by atoms with Crippen LogP contribution in [-0.4, -0.2) is 65.9 Å². The van der Waals surface area contributed by atoms with Gasteiger partial charge in [-0.25, -0.2) is 17.7 Å². The van der Waals surface area contributed by atoms with Gasteiger partial charge in [0.05, 0.1) is 29.0 Å². The highest BCUT2D eigenvalue weighted by Gasteiger charge is 2.20. The van der Waals surface area contributed by atoms with Gasteiger partial charge in [-0.05, 0) is 55.9 Å². The van der Waals surface area contributed by atoms with Crippen molar-refractivity contribution in [3.05, 3.63) is 48.3 Å². The van der Waals surface area contributed by atoms with Gasteiger partial charge in [-0.1, -0.05) is 6.92 Å². The molecule has 0 aliphatic heterocycles. The van der Waals surface area contributed by atoms with Gasteiger partial charge < -0.3 is 15.0 Å². The molecular weight excluding hydrogens is 430 g/mol. The average molecular weight is 460 g/mol. The summed E-state index contributed by atoms with van der Waals surface area (Å²) >= 11 is 0. The molecule has 2 N–H and O–H groups in total. The number of phenols is 1. The predicted molar refractivity (Wildman–Crippen MR) is 124 cm³/mol. The predicted octanol–water partition coefficient (Wildman–Crippen LogP) is 2.47. The molecule has 0 bridgehead atoms. The van der Waals surface area contributed by atoms with Crippen LogP contribution in [0.5, 0.6) is 5.75 Å². The van der Waals surface area contributed by atoms with Crippen LogP contribution in [0, 0.1) is 0 Å². The molecule has 0 aliphatic carbocycles. The molecule has 1 aromatic heterocycles. The smallest absolute Gasteiger partial charge is 0.242 e. The number of sulfonamides is 1. The third-order valence-electron chi connectivity index (χ3n) is 5.00. The zero-order chi connectivity index (χ0) is 23.5. The number of hydrogen-bond donors (Lipinski definition) is 2. The number of aromatic hydroxyl groups is 1. The van der Waals surface area contributed by atoms with E-state index in [0.29, 0.717) is 17.7 Å². The molecule has 0 saturated carbocycles. The van der Waals surface area contributed by atoms with E-state index in [0.717, 1.165) is 24.3 Å². The first-order valence-electron chi connectivity index (χ1n) is 10.3. The van der Waals surface area contributed by atoms with Crippen LogP contribution in [-0.2, 0) is 27.9 Å². The first-order chi connectivity index (χ1) is 15.1. The number of carbonyl (C=O) groups is 1. The number of benzene rings is 2. The Hall–Kier alpha value is -2.95. The molecule has 0 spiro atoms. The van der Waals surface area contributed by atoms with Crippen LogP contribution in [0.1, 0.15) is 19.2 Å². The third kappa shape index (κ3) is 5.26. The number of aromatic nitrogens is 2. The highest BCUT2D eigenvalue weighted by molar-refractivity contribution is 7.89. The van der Waals surface area contributed by atoms with Gasteiger partial charge in [0.25, 0.3) is 0 Å². The first-order valence-corrected chi connectivity index (χ1v) is 11.7. The van der Waals surface area contributed by atoms with Gasteiger partial charge in [-0.15, -0.1) is 0 Å². The van der Waals surface area contributed by atoms with Crippen LogP contribution in [0.3, 0.4) is 0 Å². The SMILES string of the molecule is CCCn1c(CN(C)CC(=O)Nc2ccc(O)cc2)nc2cc(S(=O)(=O)N(C)C)ccc21. The van der Waals surface area contributed by atoms with Gasteiger partial charge in [-0.3, -0.25) is 9.69 Å². The Labute approximate surface area is 188 Å². The van der Waals surface area contributed by atoms with E-state index in [4.69, 9.17) is 0 Å². The van der Waals surface area contributed by atoms with Crippen LogP contribution in [0.4, 0.5) is 5.69 Å². The molecule has 0 atom stereocenters. The zero-order valence-electron chi connectivity index (χ0n) is 18.7. The molecule has 172 valence electrons. The van der Waals surface area contributed by atoms with Crippen molar-refractivity contribution >= 4 is 32.7 Å². The second-order valence-electron chi connectivity index (χ2n) is 7.88. The van der Waals surface area contributed by atoms with Gasteiger partial charge in [0.15, 0.2) is 0 Å². The minimum atomic E-state index is -3.55. The van der Waals surface area contributed by atoms with Crippen molar-refractivity contribution in [1.82, 2.24) is 18.8 Å².